The van der Waals surface area contributed by atoms with Crippen LogP contribution in [0.4, 0.5) is 0 Å². The third kappa shape index (κ3) is 2.79. The largest absolute Gasteiger partial charge is 0.125 e. The third-order valence-electron chi connectivity index (χ3n) is 3.07. The van der Waals surface area contributed by atoms with Gasteiger partial charge in [0, 0.05) is 15.5 Å². The molecule has 0 fully saturated rings. The minimum Gasteiger partial charge on any atom is -0.125 e. The first-order valence-corrected chi connectivity index (χ1v) is 7.57. The van der Waals surface area contributed by atoms with Gasteiger partial charge in [0.15, 0.2) is 0 Å². The van der Waals surface area contributed by atoms with Gasteiger partial charge in [-0.25, -0.2) is 0 Å². The van der Waals surface area contributed by atoms with Gasteiger partial charge in [-0.15, -0.1) is 11.8 Å². The van der Waals surface area contributed by atoms with E-state index in [0.29, 0.717) is 4.83 Å². The minimum atomic E-state index is 0.704. The maximum atomic E-state index is 3.72. The predicted octanol–water partition coefficient (Wildman–Crippen LogP) is 4.83. The summed E-state index contributed by atoms with van der Waals surface area (Å²) < 4.78 is 0. The molecule has 0 radical (unpaired) electrons. The Bertz CT molecular complexity index is 324. The van der Waals surface area contributed by atoms with E-state index < -0.39 is 0 Å². The van der Waals surface area contributed by atoms with Gasteiger partial charge in [-0.3, -0.25) is 0 Å². The van der Waals surface area contributed by atoms with E-state index in [9.17, 15) is 0 Å². The monoisotopic (exact) mass is 284 g/mol. The molecular formula is C13H17BrS. The smallest absolute Gasteiger partial charge is 0.0143 e. The average molecular weight is 285 g/mol. The lowest BCUT2D eigenvalue weighted by molar-refractivity contribution is 0.619. The molecule has 1 aromatic rings. The van der Waals surface area contributed by atoms with E-state index in [1.54, 1.807) is 5.56 Å². The molecule has 0 spiro atoms. The second-order valence-corrected chi connectivity index (χ2v) is 6.49. The van der Waals surface area contributed by atoms with E-state index in [2.05, 4.69) is 47.1 Å². The second-order valence-electron chi connectivity index (χ2n) is 4.13. The van der Waals surface area contributed by atoms with E-state index in [1.165, 1.54) is 29.9 Å². The Kier molecular flexibility index (Phi) is 4.15. The van der Waals surface area contributed by atoms with Gasteiger partial charge in [0.25, 0.3) is 0 Å². The van der Waals surface area contributed by atoms with Gasteiger partial charge in [0.05, 0.1) is 0 Å². The number of thioether (sulfide) groups is 1. The van der Waals surface area contributed by atoms with Crippen molar-refractivity contribution in [3.8, 4) is 0 Å². The zero-order chi connectivity index (χ0) is 10.7. The number of rotatable bonds is 4. The van der Waals surface area contributed by atoms with Crippen molar-refractivity contribution in [2.75, 3.05) is 5.75 Å². The highest BCUT2D eigenvalue weighted by Gasteiger charge is 2.22. The zero-order valence-electron chi connectivity index (χ0n) is 9.08. The molecule has 0 aliphatic carbocycles. The van der Waals surface area contributed by atoms with Crippen molar-refractivity contribution < 1.29 is 0 Å². The molecule has 0 saturated heterocycles. The van der Waals surface area contributed by atoms with Crippen LogP contribution in [-0.2, 0) is 0 Å². The second kappa shape index (κ2) is 5.40. The molecule has 82 valence electrons. The summed E-state index contributed by atoms with van der Waals surface area (Å²) in [6, 6.07) is 8.87. The van der Waals surface area contributed by atoms with Crippen LogP contribution in [0.5, 0.6) is 0 Å². The van der Waals surface area contributed by atoms with E-state index in [-0.39, 0.29) is 0 Å². The molecule has 0 N–H and O–H groups in total. The number of fused-ring (bicyclic) bond motifs is 1. The Hall–Kier alpha value is 0.0500. The quantitative estimate of drug-likeness (QED) is 0.714. The molecule has 0 bridgehead atoms. The molecule has 0 amide bonds. The fourth-order valence-electron chi connectivity index (χ4n) is 2.05. The van der Waals surface area contributed by atoms with E-state index in [4.69, 9.17) is 0 Å². The SMILES string of the molecule is CCC(Br)CCC1CSc2ccccc21. The number of alkyl halides is 1. The normalized spacial score (nSPS) is 21.3. The van der Waals surface area contributed by atoms with Crippen LogP contribution in [0.3, 0.4) is 0 Å². The van der Waals surface area contributed by atoms with Crippen LogP contribution < -0.4 is 0 Å². The molecule has 2 unspecified atom stereocenters. The molecule has 2 heteroatoms. The van der Waals surface area contributed by atoms with E-state index in [0.717, 1.165) is 5.92 Å². The zero-order valence-corrected chi connectivity index (χ0v) is 11.5. The van der Waals surface area contributed by atoms with Crippen LogP contribution in [0, 0.1) is 0 Å². The molecule has 0 saturated carbocycles. The summed E-state index contributed by atoms with van der Waals surface area (Å²) in [5, 5.41) is 0. The molecule has 2 rings (SSSR count). The van der Waals surface area contributed by atoms with Crippen LogP contribution in [0.25, 0.3) is 0 Å². The summed E-state index contributed by atoms with van der Waals surface area (Å²) in [5.41, 5.74) is 1.58. The maximum absolute atomic E-state index is 3.72. The Balaban J connectivity index is 1.96. The van der Waals surface area contributed by atoms with Gasteiger partial charge in [-0.2, -0.15) is 0 Å². The summed E-state index contributed by atoms with van der Waals surface area (Å²) in [4.78, 5) is 2.21. The Morgan fingerprint density at radius 1 is 1.47 bits per heavy atom. The molecular weight excluding hydrogens is 268 g/mol. The summed E-state index contributed by atoms with van der Waals surface area (Å²) in [5.74, 6) is 2.07. The van der Waals surface area contributed by atoms with Gasteiger partial charge in [-0.05, 0) is 36.8 Å². The third-order valence-corrected chi connectivity index (χ3v) is 5.43. The van der Waals surface area contributed by atoms with Gasteiger partial charge in [0.1, 0.15) is 0 Å². The summed E-state index contributed by atoms with van der Waals surface area (Å²) >= 11 is 5.74. The lowest BCUT2D eigenvalue weighted by Gasteiger charge is -2.12. The number of hydrogen-bond acceptors (Lipinski definition) is 1. The highest BCUT2D eigenvalue weighted by molar-refractivity contribution is 9.09. The minimum absolute atomic E-state index is 0.704. The molecule has 1 aliphatic heterocycles. The number of benzene rings is 1. The van der Waals surface area contributed by atoms with Crippen molar-refractivity contribution in [2.45, 2.75) is 41.8 Å². The highest BCUT2D eigenvalue weighted by Crippen LogP contribution is 2.41. The van der Waals surface area contributed by atoms with Crippen LogP contribution >= 0.6 is 27.7 Å². The molecule has 1 heterocycles. The Morgan fingerprint density at radius 2 is 2.27 bits per heavy atom. The van der Waals surface area contributed by atoms with Crippen molar-refractivity contribution in [1.29, 1.82) is 0 Å². The number of hydrogen-bond donors (Lipinski definition) is 0. The van der Waals surface area contributed by atoms with Crippen LogP contribution in [-0.4, -0.2) is 10.6 Å². The molecule has 0 nitrogen and oxygen atoms in total. The maximum Gasteiger partial charge on any atom is 0.0143 e. The number of halogens is 1. The van der Waals surface area contributed by atoms with E-state index >= 15 is 0 Å². The van der Waals surface area contributed by atoms with Crippen molar-refractivity contribution in [1.82, 2.24) is 0 Å². The summed E-state index contributed by atoms with van der Waals surface area (Å²) in [6.45, 7) is 2.25. The fourth-order valence-corrected chi connectivity index (χ4v) is 3.62. The molecule has 1 aromatic carbocycles. The first-order chi connectivity index (χ1) is 7.31. The van der Waals surface area contributed by atoms with Crippen LogP contribution in [0.1, 0.15) is 37.7 Å². The first kappa shape index (κ1) is 11.5. The lowest BCUT2D eigenvalue weighted by atomic mass is 9.95. The molecule has 15 heavy (non-hydrogen) atoms. The summed E-state index contributed by atoms with van der Waals surface area (Å²) in [7, 11) is 0. The highest BCUT2D eigenvalue weighted by atomic mass is 79.9. The van der Waals surface area contributed by atoms with Crippen molar-refractivity contribution in [3.63, 3.8) is 0 Å². The van der Waals surface area contributed by atoms with Crippen molar-refractivity contribution in [3.05, 3.63) is 29.8 Å². The van der Waals surface area contributed by atoms with E-state index in [1.807, 2.05) is 11.8 Å². The molecule has 1 aliphatic rings. The summed E-state index contributed by atoms with van der Waals surface area (Å²) in [6.07, 6.45) is 3.87. The first-order valence-electron chi connectivity index (χ1n) is 5.67. The molecule has 0 aromatic heterocycles. The molecule has 2 atom stereocenters. The predicted molar refractivity (Wildman–Crippen MR) is 72.1 cm³/mol. The lowest BCUT2D eigenvalue weighted by Crippen LogP contribution is -2.02. The van der Waals surface area contributed by atoms with Gasteiger partial charge < -0.3 is 0 Å². The van der Waals surface area contributed by atoms with Crippen molar-refractivity contribution in [2.24, 2.45) is 0 Å². The topological polar surface area (TPSA) is 0 Å². The van der Waals surface area contributed by atoms with Crippen LogP contribution in [0.15, 0.2) is 29.2 Å². The average Bonchev–Trinajstić information content (AvgIpc) is 2.69. The fraction of sp³-hybridized carbons (Fsp3) is 0.538. The Labute approximate surface area is 105 Å². The van der Waals surface area contributed by atoms with Gasteiger partial charge in [-0.1, -0.05) is 41.1 Å². The standard InChI is InChI=1S/C13H17BrS/c1-2-11(14)8-7-10-9-15-13-6-4-3-5-12(10)13/h3-6,10-11H,2,7-9H2,1H3. The van der Waals surface area contributed by atoms with Crippen molar-refractivity contribution >= 4 is 27.7 Å². The van der Waals surface area contributed by atoms with Gasteiger partial charge in [0.2, 0.25) is 0 Å². The van der Waals surface area contributed by atoms with Crippen LogP contribution in [0.2, 0.25) is 0 Å². The van der Waals surface area contributed by atoms with Gasteiger partial charge >= 0.3 is 0 Å². The Morgan fingerprint density at radius 3 is 3.07 bits per heavy atom.